The van der Waals surface area contributed by atoms with Gasteiger partial charge in [-0.25, -0.2) is 0 Å². The van der Waals surface area contributed by atoms with Gasteiger partial charge in [-0.15, -0.1) is 6.58 Å². The molecule has 0 aromatic carbocycles. The Morgan fingerprint density at radius 1 is 1.18 bits per heavy atom. The number of hydrogen-bond acceptors (Lipinski definition) is 6. The van der Waals surface area contributed by atoms with E-state index in [1.54, 1.807) is 27.4 Å². The van der Waals surface area contributed by atoms with Crippen molar-refractivity contribution in [3.63, 3.8) is 0 Å². The van der Waals surface area contributed by atoms with Crippen LogP contribution >= 0.6 is 0 Å². The zero-order valence-corrected chi connectivity index (χ0v) is 14.8. The largest absolute Gasteiger partial charge is 0.500 e. The molecule has 0 aromatic heterocycles. The molecule has 7 heteroatoms. The van der Waals surface area contributed by atoms with Gasteiger partial charge in [0.15, 0.2) is 5.78 Å². The number of esters is 1. The van der Waals surface area contributed by atoms with Gasteiger partial charge in [0.25, 0.3) is 0 Å². The van der Waals surface area contributed by atoms with Crippen molar-refractivity contribution in [3.8, 4) is 0 Å². The first-order chi connectivity index (χ1) is 10.5. The first-order valence-corrected chi connectivity index (χ1v) is 9.29. The number of unbranched alkanes of at least 4 members (excludes halogenated alkanes) is 1. The summed E-state index contributed by atoms with van der Waals surface area (Å²) in [6, 6.07) is 0.639. The van der Waals surface area contributed by atoms with Crippen LogP contribution in [0.3, 0.4) is 0 Å². The molecule has 0 heterocycles. The van der Waals surface area contributed by atoms with Gasteiger partial charge in [-0.2, -0.15) is 0 Å². The molecule has 0 aromatic rings. The van der Waals surface area contributed by atoms with Gasteiger partial charge >= 0.3 is 14.8 Å². The first kappa shape index (κ1) is 19.0. The number of hydrogen-bond donors (Lipinski definition) is 0. The monoisotopic (exact) mass is 330 g/mol. The van der Waals surface area contributed by atoms with Crippen LogP contribution in [-0.4, -0.2) is 49.0 Å². The van der Waals surface area contributed by atoms with Crippen molar-refractivity contribution in [1.29, 1.82) is 0 Å². The summed E-state index contributed by atoms with van der Waals surface area (Å²) < 4.78 is 20.8. The lowest BCUT2D eigenvalue weighted by Gasteiger charge is -2.24. The summed E-state index contributed by atoms with van der Waals surface area (Å²) in [6.07, 6.45) is 3.90. The van der Waals surface area contributed by atoms with E-state index in [2.05, 4.69) is 6.58 Å². The number of allylic oxidation sites excluding steroid dienone is 1. The Morgan fingerprint density at radius 3 is 2.18 bits per heavy atom. The highest BCUT2D eigenvalue weighted by atomic mass is 28.4. The third-order valence-corrected chi connectivity index (χ3v) is 7.25. The summed E-state index contributed by atoms with van der Waals surface area (Å²) in [4.78, 5) is 24.3. The Bertz CT molecular complexity index is 412. The van der Waals surface area contributed by atoms with E-state index >= 15 is 0 Å². The highest BCUT2D eigenvalue weighted by Gasteiger charge is 2.64. The van der Waals surface area contributed by atoms with E-state index in [-0.39, 0.29) is 11.7 Å². The maximum Gasteiger partial charge on any atom is 0.500 e. The lowest BCUT2D eigenvalue weighted by atomic mass is 9.94. The van der Waals surface area contributed by atoms with Crippen molar-refractivity contribution in [2.75, 3.05) is 28.4 Å². The minimum atomic E-state index is -2.59. The molecule has 0 radical (unpaired) electrons. The lowest BCUT2D eigenvalue weighted by Crippen LogP contribution is -2.42. The van der Waals surface area contributed by atoms with Gasteiger partial charge < -0.3 is 18.0 Å². The van der Waals surface area contributed by atoms with Gasteiger partial charge in [0.05, 0.1) is 7.11 Å². The number of carbonyl (C=O) groups is 2. The number of Topliss-reactive ketones (excluding diaryl/α,β-unsaturated/α-hetero) is 1. The minimum absolute atomic E-state index is 0.0660. The van der Waals surface area contributed by atoms with Crippen molar-refractivity contribution in [2.45, 2.75) is 31.7 Å². The molecular formula is C15H26O6Si. The Balaban J connectivity index is 2.49. The van der Waals surface area contributed by atoms with Gasteiger partial charge in [0, 0.05) is 39.7 Å². The molecule has 1 rings (SSSR count). The Morgan fingerprint density at radius 2 is 1.77 bits per heavy atom. The molecule has 0 bridgehead atoms. The third kappa shape index (κ3) is 3.65. The molecule has 0 amide bonds. The predicted octanol–water partition coefficient (Wildman–Crippen LogP) is 1.97. The molecule has 1 aliphatic carbocycles. The molecule has 1 saturated carbocycles. The second-order valence-corrected chi connectivity index (χ2v) is 8.53. The van der Waals surface area contributed by atoms with Gasteiger partial charge in [-0.1, -0.05) is 6.08 Å². The smallest absolute Gasteiger partial charge is 0.468 e. The fourth-order valence-corrected chi connectivity index (χ4v) is 4.63. The molecular weight excluding hydrogens is 304 g/mol. The van der Waals surface area contributed by atoms with Crippen LogP contribution in [0.2, 0.25) is 6.04 Å². The van der Waals surface area contributed by atoms with Crippen LogP contribution in [0.25, 0.3) is 0 Å². The molecule has 2 atom stereocenters. The molecule has 2 unspecified atom stereocenters. The zero-order chi connectivity index (χ0) is 16.8. The average molecular weight is 330 g/mol. The molecule has 1 fully saturated rings. The predicted molar refractivity (Wildman–Crippen MR) is 83.2 cm³/mol. The zero-order valence-electron chi connectivity index (χ0n) is 13.8. The number of rotatable bonds is 11. The fourth-order valence-electron chi connectivity index (χ4n) is 2.83. The summed E-state index contributed by atoms with van der Waals surface area (Å²) >= 11 is 0. The summed E-state index contributed by atoms with van der Waals surface area (Å²) in [7, 11) is 3.42. The van der Waals surface area contributed by atoms with Gasteiger partial charge in [0.1, 0.15) is 5.41 Å². The lowest BCUT2D eigenvalue weighted by molar-refractivity contribution is -0.152. The van der Waals surface area contributed by atoms with E-state index in [4.69, 9.17) is 18.0 Å². The maximum atomic E-state index is 12.4. The van der Waals surface area contributed by atoms with Crippen molar-refractivity contribution in [2.24, 2.45) is 11.3 Å². The van der Waals surface area contributed by atoms with Gasteiger partial charge in [-0.3, -0.25) is 9.59 Å². The van der Waals surface area contributed by atoms with Crippen molar-refractivity contribution in [1.82, 2.24) is 0 Å². The van der Waals surface area contributed by atoms with E-state index in [0.717, 1.165) is 6.42 Å². The maximum absolute atomic E-state index is 12.4. The average Bonchev–Trinajstić information content (AvgIpc) is 3.30. The van der Waals surface area contributed by atoms with Crippen LogP contribution < -0.4 is 0 Å². The Hall–Kier alpha value is -1.02. The molecule has 6 nitrogen and oxygen atoms in total. The van der Waals surface area contributed by atoms with Crippen LogP contribution in [0.5, 0.6) is 0 Å². The first-order valence-electron chi connectivity index (χ1n) is 7.36. The molecule has 22 heavy (non-hydrogen) atoms. The number of ketones is 1. The summed E-state index contributed by atoms with van der Waals surface area (Å²) in [5.41, 5.74) is -0.991. The topological polar surface area (TPSA) is 71.1 Å². The second-order valence-electron chi connectivity index (χ2n) is 5.43. The van der Waals surface area contributed by atoms with Crippen LogP contribution in [0, 0.1) is 11.3 Å². The standard InChI is InChI=1S/C15H26O6Si/c1-6-12-11-15(12,14(17)18-2)13(16)9-7-8-10-22(19-3,20-4)21-5/h6,12H,1,7-11H2,2-5H3. The van der Waals surface area contributed by atoms with Gasteiger partial charge in [0.2, 0.25) is 0 Å². The molecule has 0 saturated heterocycles. The van der Waals surface area contributed by atoms with Crippen molar-refractivity contribution >= 4 is 20.6 Å². The van der Waals surface area contributed by atoms with E-state index in [0.29, 0.717) is 25.3 Å². The van der Waals surface area contributed by atoms with Gasteiger partial charge in [-0.05, 0) is 19.3 Å². The van der Waals surface area contributed by atoms with E-state index < -0.39 is 20.2 Å². The van der Waals surface area contributed by atoms with Crippen LogP contribution in [0.1, 0.15) is 25.7 Å². The second kappa shape index (κ2) is 8.01. The SMILES string of the molecule is C=CC1CC1(C(=O)CCCC[Si](OC)(OC)OC)C(=O)OC. The van der Waals surface area contributed by atoms with E-state index in [9.17, 15) is 9.59 Å². The van der Waals surface area contributed by atoms with Crippen molar-refractivity contribution < 1.29 is 27.6 Å². The van der Waals surface area contributed by atoms with E-state index in [1.165, 1.54) is 7.11 Å². The summed E-state index contributed by atoms with van der Waals surface area (Å²) in [5.74, 6) is -0.613. The van der Waals surface area contributed by atoms with E-state index in [1.807, 2.05) is 0 Å². The minimum Gasteiger partial charge on any atom is -0.468 e. The number of methoxy groups -OCH3 is 1. The molecule has 0 aliphatic heterocycles. The Labute approximate surface area is 133 Å². The quantitative estimate of drug-likeness (QED) is 0.190. The molecule has 0 spiro atoms. The van der Waals surface area contributed by atoms with Crippen molar-refractivity contribution in [3.05, 3.63) is 12.7 Å². The molecule has 1 aliphatic rings. The third-order valence-electron chi connectivity index (χ3n) is 4.42. The van der Waals surface area contributed by atoms with Crippen LogP contribution in [0.15, 0.2) is 12.7 Å². The fraction of sp³-hybridized carbons (Fsp3) is 0.733. The Kier molecular flexibility index (Phi) is 6.92. The molecule has 126 valence electrons. The normalized spacial score (nSPS) is 23.9. The highest BCUT2D eigenvalue weighted by molar-refractivity contribution is 6.60. The highest BCUT2D eigenvalue weighted by Crippen LogP contribution is 2.55. The molecule has 0 N–H and O–H groups in total. The summed E-state index contributed by atoms with van der Waals surface area (Å²) in [6.45, 7) is 3.68. The number of ether oxygens (including phenoxy) is 1. The van der Waals surface area contributed by atoms with Crippen LogP contribution in [-0.2, 0) is 27.6 Å². The van der Waals surface area contributed by atoms with Crippen LogP contribution in [0.4, 0.5) is 0 Å². The summed E-state index contributed by atoms with van der Waals surface area (Å²) in [5, 5.41) is 0. The number of carbonyl (C=O) groups excluding carboxylic acids is 2.